The number of nitrogens with two attached hydrogens (primary N) is 2. The summed E-state index contributed by atoms with van der Waals surface area (Å²) in [7, 11) is -3.77. The number of hydrogen-bond acceptors (Lipinski definition) is 9. The zero-order valence-corrected chi connectivity index (χ0v) is 17.8. The van der Waals surface area contributed by atoms with Crippen molar-refractivity contribution in [1.82, 2.24) is 9.55 Å². The maximum absolute atomic E-state index is 13.4. The first-order chi connectivity index (χ1) is 14.6. The Morgan fingerprint density at radius 3 is 2.68 bits per heavy atom. The number of amidine groups is 1. The molecule has 1 aliphatic rings. The number of hydrogen-bond donors (Lipinski definition) is 6. The van der Waals surface area contributed by atoms with Crippen LogP contribution in [0.3, 0.4) is 0 Å². The number of rotatable bonds is 4. The molecule has 1 aromatic carbocycles. The summed E-state index contributed by atoms with van der Waals surface area (Å²) in [6.45, 7) is 4.45. The Kier molecular flexibility index (Phi) is 5.04. The van der Waals surface area contributed by atoms with E-state index in [-0.39, 0.29) is 39.1 Å². The van der Waals surface area contributed by atoms with Gasteiger partial charge in [0.25, 0.3) is 5.56 Å². The minimum Gasteiger partial charge on any atom is -0.506 e. The molecule has 0 fully saturated rings. The molecule has 31 heavy (non-hydrogen) atoms. The van der Waals surface area contributed by atoms with Gasteiger partial charge in [-0.05, 0) is 36.6 Å². The lowest BCUT2D eigenvalue weighted by Gasteiger charge is -2.35. The summed E-state index contributed by atoms with van der Waals surface area (Å²) in [6, 6.07) is 6.30. The zero-order valence-electron chi connectivity index (χ0n) is 17.0. The van der Waals surface area contributed by atoms with Gasteiger partial charge < -0.3 is 21.9 Å². The van der Waals surface area contributed by atoms with E-state index in [1.165, 1.54) is 16.7 Å². The van der Waals surface area contributed by atoms with E-state index < -0.39 is 16.3 Å². The van der Waals surface area contributed by atoms with Gasteiger partial charge in [-0.2, -0.15) is 0 Å². The highest BCUT2D eigenvalue weighted by molar-refractivity contribution is 8.23. The van der Waals surface area contributed by atoms with Crippen molar-refractivity contribution in [2.45, 2.75) is 31.7 Å². The van der Waals surface area contributed by atoms with Gasteiger partial charge in [0.15, 0.2) is 5.84 Å². The van der Waals surface area contributed by atoms with E-state index in [9.17, 15) is 19.0 Å². The highest BCUT2D eigenvalue weighted by atomic mass is 32.3. The average Bonchev–Trinajstić information content (AvgIpc) is 2.69. The van der Waals surface area contributed by atoms with Crippen LogP contribution in [-0.2, 0) is 6.54 Å². The summed E-state index contributed by atoms with van der Waals surface area (Å²) < 4.78 is 26.8. The lowest BCUT2D eigenvalue weighted by molar-refractivity contribution is 0.473. The van der Waals surface area contributed by atoms with Crippen LogP contribution < -0.4 is 22.3 Å². The lowest BCUT2D eigenvalue weighted by atomic mass is 10.1. The highest BCUT2D eigenvalue weighted by Gasteiger charge is 2.32. The van der Waals surface area contributed by atoms with E-state index in [0.29, 0.717) is 29.9 Å². The molecule has 1 aliphatic heterocycles. The quantitative estimate of drug-likeness (QED) is 0.333. The third-order valence-corrected chi connectivity index (χ3v) is 6.56. The Labute approximate surface area is 179 Å². The Morgan fingerprint density at radius 2 is 1.97 bits per heavy atom. The Hall–Kier alpha value is -3.28. The fourth-order valence-corrected chi connectivity index (χ4v) is 4.82. The highest BCUT2D eigenvalue weighted by Crippen LogP contribution is 2.59. The van der Waals surface area contributed by atoms with Crippen molar-refractivity contribution in [3.8, 4) is 5.75 Å². The van der Waals surface area contributed by atoms with Crippen LogP contribution >= 0.6 is 10.8 Å². The molecule has 164 valence electrons. The van der Waals surface area contributed by atoms with Crippen LogP contribution in [0.15, 0.2) is 44.6 Å². The summed E-state index contributed by atoms with van der Waals surface area (Å²) in [5.41, 5.74) is 11.8. The van der Waals surface area contributed by atoms with Crippen LogP contribution in [-0.4, -0.2) is 29.6 Å². The fourth-order valence-electron chi connectivity index (χ4n) is 3.51. The molecule has 0 unspecified atom stereocenters. The second kappa shape index (κ2) is 7.45. The molecule has 11 heteroatoms. The predicted octanol–water partition coefficient (Wildman–Crippen LogP) is 3.21. The topological polar surface area (TPSA) is 172 Å². The third-order valence-electron chi connectivity index (χ3n) is 5.14. The SMILES string of the molecule is CC(C)CCn1c(=O)c(C2=NS(O)(O)c3c(ccc(N)c3N)N2)c(O)c2cccnc21. The van der Waals surface area contributed by atoms with Crippen molar-refractivity contribution in [2.75, 3.05) is 16.8 Å². The number of nitrogens with zero attached hydrogens (tertiary/aromatic N) is 3. The van der Waals surface area contributed by atoms with E-state index in [1.807, 2.05) is 13.8 Å². The minimum atomic E-state index is -3.77. The summed E-state index contributed by atoms with van der Waals surface area (Å²) in [5, 5.41) is 14.2. The van der Waals surface area contributed by atoms with Crippen LogP contribution in [0.5, 0.6) is 5.75 Å². The molecule has 4 rings (SSSR count). The standard InChI is InChI=1S/C20H24N6O4S/c1-10(2)7-9-26-19-11(4-3-8-23-19)16(27)14(20(26)28)18-24-13-6-5-12(21)15(22)17(13)31(29,30)25-18/h3-6,8,10,27,29-30H,7,9,21-22H2,1-2H3,(H,24,25). The molecule has 0 saturated carbocycles. The van der Waals surface area contributed by atoms with Crippen molar-refractivity contribution in [1.29, 1.82) is 0 Å². The Morgan fingerprint density at radius 1 is 1.23 bits per heavy atom. The molecule has 2 aromatic heterocycles. The van der Waals surface area contributed by atoms with Gasteiger partial charge in [0, 0.05) is 12.7 Å². The number of fused-ring (bicyclic) bond motifs is 2. The first kappa shape index (κ1) is 21.0. The molecule has 0 amide bonds. The summed E-state index contributed by atoms with van der Waals surface area (Å²) in [6.07, 6.45) is 2.26. The molecule has 10 nitrogen and oxygen atoms in total. The molecule has 3 aromatic rings. The second-order valence-electron chi connectivity index (χ2n) is 7.77. The number of aromatic nitrogens is 2. The number of anilines is 3. The number of aryl methyl sites for hydroxylation is 1. The molecule has 0 spiro atoms. The zero-order chi connectivity index (χ0) is 22.5. The summed E-state index contributed by atoms with van der Waals surface area (Å²) >= 11 is 0. The van der Waals surface area contributed by atoms with Gasteiger partial charge in [-0.15, -0.1) is 4.40 Å². The average molecular weight is 445 g/mol. The second-order valence-corrected chi connectivity index (χ2v) is 9.39. The van der Waals surface area contributed by atoms with E-state index in [4.69, 9.17) is 11.5 Å². The predicted molar refractivity (Wildman–Crippen MR) is 124 cm³/mol. The van der Waals surface area contributed by atoms with Gasteiger partial charge in [-0.25, -0.2) is 4.98 Å². The number of benzene rings is 1. The van der Waals surface area contributed by atoms with E-state index in [0.717, 1.165) is 0 Å². The van der Waals surface area contributed by atoms with Gasteiger partial charge in [0.05, 0.1) is 22.4 Å². The van der Waals surface area contributed by atoms with Crippen molar-refractivity contribution in [2.24, 2.45) is 10.3 Å². The first-order valence-corrected chi connectivity index (χ1v) is 11.2. The maximum atomic E-state index is 13.4. The van der Waals surface area contributed by atoms with Crippen molar-refractivity contribution in [3.63, 3.8) is 0 Å². The molecule has 0 bridgehead atoms. The van der Waals surface area contributed by atoms with Crippen LogP contribution in [0.2, 0.25) is 0 Å². The molecule has 0 saturated heterocycles. The molecular formula is C20H24N6O4S. The molecule has 0 radical (unpaired) electrons. The number of nitrogen functional groups attached to an aromatic ring is 2. The number of pyridine rings is 2. The van der Waals surface area contributed by atoms with E-state index in [2.05, 4.69) is 14.7 Å². The normalized spacial score (nSPS) is 16.0. The molecular weight excluding hydrogens is 420 g/mol. The largest absolute Gasteiger partial charge is 0.506 e. The summed E-state index contributed by atoms with van der Waals surface area (Å²) in [5.74, 6) is -0.175. The van der Waals surface area contributed by atoms with Crippen molar-refractivity contribution < 1.29 is 14.2 Å². The monoisotopic (exact) mass is 444 g/mol. The van der Waals surface area contributed by atoms with Crippen LogP contribution in [0.25, 0.3) is 11.0 Å². The third kappa shape index (κ3) is 3.46. The van der Waals surface area contributed by atoms with Crippen LogP contribution in [0.1, 0.15) is 25.8 Å². The summed E-state index contributed by atoms with van der Waals surface area (Å²) in [4.78, 5) is 17.6. The molecule has 0 atom stereocenters. The number of aromatic hydroxyl groups is 1. The van der Waals surface area contributed by atoms with E-state index >= 15 is 0 Å². The Balaban J connectivity index is 1.96. The smallest absolute Gasteiger partial charge is 0.267 e. The Bertz CT molecular complexity index is 1280. The van der Waals surface area contributed by atoms with Crippen molar-refractivity contribution >= 4 is 44.7 Å². The van der Waals surface area contributed by atoms with Crippen LogP contribution in [0, 0.1) is 5.92 Å². The van der Waals surface area contributed by atoms with E-state index in [1.54, 1.807) is 18.3 Å². The first-order valence-electron chi connectivity index (χ1n) is 9.65. The van der Waals surface area contributed by atoms with Gasteiger partial charge >= 0.3 is 0 Å². The lowest BCUT2D eigenvalue weighted by Crippen LogP contribution is -2.33. The molecule has 8 N–H and O–H groups in total. The maximum Gasteiger partial charge on any atom is 0.267 e. The van der Waals surface area contributed by atoms with Gasteiger partial charge in [0.1, 0.15) is 21.9 Å². The van der Waals surface area contributed by atoms with Gasteiger partial charge in [0.2, 0.25) is 0 Å². The van der Waals surface area contributed by atoms with Crippen LogP contribution in [0.4, 0.5) is 17.1 Å². The fraction of sp³-hybridized carbons (Fsp3) is 0.250. The van der Waals surface area contributed by atoms with Gasteiger partial charge in [-0.3, -0.25) is 18.5 Å². The van der Waals surface area contributed by atoms with Gasteiger partial charge in [-0.1, -0.05) is 24.6 Å². The van der Waals surface area contributed by atoms with Crippen molar-refractivity contribution in [3.05, 3.63) is 46.4 Å². The number of nitrogens with one attached hydrogen (secondary N) is 1. The molecule has 3 heterocycles. The minimum absolute atomic E-state index is 0.00548. The molecule has 0 aliphatic carbocycles.